The minimum atomic E-state index is -0.282. The summed E-state index contributed by atoms with van der Waals surface area (Å²) in [7, 11) is 0. The number of aromatic hydroxyl groups is 2. The Morgan fingerprint density at radius 3 is 2.42 bits per heavy atom. The van der Waals surface area contributed by atoms with Gasteiger partial charge in [0.2, 0.25) is 0 Å². The maximum Gasteiger partial charge on any atom is 0.163 e. The molecule has 0 aliphatic rings. The van der Waals surface area contributed by atoms with E-state index in [9.17, 15) is 19.8 Å². The molecule has 0 aromatic heterocycles. The monoisotopic (exact) mass is 344 g/mol. The van der Waals surface area contributed by atoms with Gasteiger partial charge in [-0.1, -0.05) is 35.9 Å². The Morgan fingerprint density at radius 1 is 1.04 bits per heavy atom. The molecule has 0 radical (unpaired) electrons. The number of carbonyl (C=O) groups excluding carboxylic acids is 2. The summed E-state index contributed by atoms with van der Waals surface area (Å²) in [5.74, 6) is -0.263. The molecule has 0 saturated heterocycles. The van der Waals surface area contributed by atoms with Gasteiger partial charge in [0.05, 0.1) is 11.4 Å². The Labute approximate surface area is 145 Å². The zero-order valence-corrected chi connectivity index (χ0v) is 13.7. The average Bonchev–Trinajstić information content (AvgIpc) is 2.55. The van der Waals surface area contributed by atoms with Crippen LogP contribution in [-0.4, -0.2) is 21.8 Å². The van der Waals surface area contributed by atoms with Gasteiger partial charge >= 0.3 is 0 Å². The van der Waals surface area contributed by atoms with Crippen LogP contribution in [0.25, 0.3) is 6.08 Å². The average molecular weight is 345 g/mol. The van der Waals surface area contributed by atoms with Gasteiger partial charge in [0, 0.05) is 6.42 Å². The van der Waals surface area contributed by atoms with E-state index >= 15 is 0 Å². The molecule has 0 heterocycles. The van der Waals surface area contributed by atoms with Crippen molar-refractivity contribution in [2.75, 3.05) is 0 Å². The normalized spacial score (nSPS) is 10.9. The fraction of sp³-hybridized carbons (Fsp3) is 0.158. The number of phenolic OH excluding ortho intramolecular Hbond substituents is 2. The van der Waals surface area contributed by atoms with Gasteiger partial charge in [-0.3, -0.25) is 9.59 Å². The first kappa shape index (κ1) is 17.8. The largest absolute Gasteiger partial charge is 0.508 e. The summed E-state index contributed by atoms with van der Waals surface area (Å²) in [6.45, 7) is 0. The number of Topliss-reactive ketones (excluding diaryl/α,β-unsaturated/α-hetero) is 1. The maximum absolute atomic E-state index is 11.8. The van der Waals surface area contributed by atoms with Gasteiger partial charge in [-0.25, -0.2) is 0 Å². The Balaban J connectivity index is 1.82. The predicted octanol–water partition coefficient (Wildman–Crippen LogP) is 3.93. The minimum Gasteiger partial charge on any atom is -0.508 e. The summed E-state index contributed by atoms with van der Waals surface area (Å²) in [5.41, 5.74) is 1.60. The van der Waals surface area contributed by atoms with E-state index in [0.717, 1.165) is 5.56 Å². The lowest BCUT2D eigenvalue weighted by Crippen LogP contribution is -2.06. The molecule has 0 fully saturated rings. The molecule has 0 aliphatic heterocycles. The molecular weight excluding hydrogens is 328 g/mol. The first-order valence-corrected chi connectivity index (χ1v) is 7.81. The second kappa shape index (κ2) is 8.31. The van der Waals surface area contributed by atoms with E-state index in [-0.39, 0.29) is 40.9 Å². The summed E-state index contributed by atoms with van der Waals surface area (Å²) >= 11 is 5.78. The third-order valence-corrected chi connectivity index (χ3v) is 3.74. The maximum atomic E-state index is 11.8. The van der Waals surface area contributed by atoms with E-state index in [0.29, 0.717) is 12.0 Å². The molecule has 0 atom stereocenters. The van der Waals surface area contributed by atoms with Crippen molar-refractivity contribution in [2.24, 2.45) is 0 Å². The van der Waals surface area contributed by atoms with Crippen LogP contribution < -0.4 is 0 Å². The van der Waals surface area contributed by atoms with Crippen molar-refractivity contribution in [1.29, 1.82) is 0 Å². The van der Waals surface area contributed by atoms with Crippen LogP contribution in [0.2, 0.25) is 5.02 Å². The number of hydrogen-bond acceptors (Lipinski definition) is 4. The highest BCUT2D eigenvalue weighted by molar-refractivity contribution is 6.32. The lowest BCUT2D eigenvalue weighted by atomic mass is 10.0. The fourth-order valence-corrected chi connectivity index (χ4v) is 2.29. The van der Waals surface area contributed by atoms with Crippen LogP contribution in [0.4, 0.5) is 0 Å². The van der Waals surface area contributed by atoms with Crippen molar-refractivity contribution in [2.45, 2.75) is 19.3 Å². The molecule has 0 unspecified atom stereocenters. The molecule has 0 bridgehead atoms. The number of ketones is 2. The van der Waals surface area contributed by atoms with Crippen molar-refractivity contribution >= 4 is 29.2 Å². The first-order chi connectivity index (χ1) is 11.4. The molecule has 124 valence electrons. The predicted molar refractivity (Wildman–Crippen MR) is 93.2 cm³/mol. The highest BCUT2D eigenvalue weighted by Gasteiger charge is 2.08. The molecule has 0 aliphatic carbocycles. The topological polar surface area (TPSA) is 74.6 Å². The van der Waals surface area contributed by atoms with Crippen LogP contribution in [0, 0.1) is 0 Å². The van der Waals surface area contributed by atoms with Gasteiger partial charge in [0.1, 0.15) is 17.3 Å². The second-order valence-electron chi connectivity index (χ2n) is 5.39. The Hall–Kier alpha value is -2.59. The Morgan fingerprint density at radius 2 is 1.75 bits per heavy atom. The summed E-state index contributed by atoms with van der Waals surface area (Å²) in [6, 6.07) is 11.2. The number of allylic oxidation sites excluding steroid dienone is 1. The third kappa shape index (κ3) is 5.56. The quantitative estimate of drug-likeness (QED) is 0.589. The Bertz CT molecular complexity index is 763. The molecular formula is C19H17ClO4. The summed E-state index contributed by atoms with van der Waals surface area (Å²) < 4.78 is 0. The van der Waals surface area contributed by atoms with E-state index in [2.05, 4.69) is 0 Å². The SMILES string of the molecule is O=C(C=Cc1ccc(O)c(Cl)c1)CC(=O)CCc1ccc(O)cc1. The van der Waals surface area contributed by atoms with Crippen molar-refractivity contribution in [1.82, 2.24) is 0 Å². The van der Waals surface area contributed by atoms with Crippen molar-refractivity contribution < 1.29 is 19.8 Å². The van der Waals surface area contributed by atoms with Crippen LogP contribution in [0.15, 0.2) is 48.5 Å². The van der Waals surface area contributed by atoms with Crippen LogP contribution in [0.3, 0.4) is 0 Å². The highest BCUT2D eigenvalue weighted by atomic mass is 35.5. The molecule has 2 aromatic rings. The summed E-state index contributed by atoms with van der Waals surface area (Å²) in [5, 5.41) is 18.7. The number of benzene rings is 2. The van der Waals surface area contributed by atoms with Gasteiger partial charge in [0.25, 0.3) is 0 Å². The fourth-order valence-electron chi connectivity index (χ4n) is 2.10. The van der Waals surface area contributed by atoms with E-state index in [1.54, 1.807) is 36.4 Å². The lowest BCUT2D eigenvalue weighted by Gasteiger charge is -2.01. The molecule has 5 heteroatoms. The van der Waals surface area contributed by atoms with Gasteiger partial charge < -0.3 is 10.2 Å². The van der Waals surface area contributed by atoms with Crippen molar-refractivity contribution in [3.8, 4) is 11.5 Å². The smallest absolute Gasteiger partial charge is 0.163 e. The lowest BCUT2D eigenvalue weighted by molar-refractivity contribution is -0.124. The minimum absolute atomic E-state index is 0.0236. The number of rotatable bonds is 7. The number of carbonyl (C=O) groups is 2. The van der Waals surface area contributed by atoms with Gasteiger partial charge in [-0.2, -0.15) is 0 Å². The zero-order chi connectivity index (χ0) is 17.5. The first-order valence-electron chi connectivity index (χ1n) is 7.43. The summed E-state index contributed by atoms with van der Waals surface area (Å²) in [6.07, 6.45) is 3.54. The molecule has 0 saturated carbocycles. The molecule has 2 rings (SSSR count). The zero-order valence-electron chi connectivity index (χ0n) is 12.9. The molecule has 24 heavy (non-hydrogen) atoms. The van der Waals surface area contributed by atoms with Crippen LogP contribution in [0.5, 0.6) is 11.5 Å². The molecule has 0 amide bonds. The van der Waals surface area contributed by atoms with Crippen LogP contribution in [0.1, 0.15) is 24.0 Å². The second-order valence-corrected chi connectivity index (χ2v) is 5.80. The van der Waals surface area contributed by atoms with Gasteiger partial charge in [-0.15, -0.1) is 0 Å². The number of halogens is 1. The van der Waals surface area contributed by atoms with Crippen LogP contribution in [-0.2, 0) is 16.0 Å². The van der Waals surface area contributed by atoms with Crippen LogP contribution >= 0.6 is 11.6 Å². The van der Waals surface area contributed by atoms with Gasteiger partial charge in [0.15, 0.2) is 5.78 Å². The molecule has 0 spiro atoms. The van der Waals surface area contributed by atoms with E-state index in [4.69, 9.17) is 11.6 Å². The van der Waals surface area contributed by atoms with E-state index in [1.165, 1.54) is 18.2 Å². The summed E-state index contributed by atoms with van der Waals surface area (Å²) in [4.78, 5) is 23.7. The molecule has 2 N–H and O–H groups in total. The molecule has 4 nitrogen and oxygen atoms in total. The number of aryl methyl sites for hydroxylation is 1. The Kier molecular flexibility index (Phi) is 6.15. The number of hydrogen-bond donors (Lipinski definition) is 2. The molecule has 2 aromatic carbocycles. The van der Waals surface area contributed by atoms with Crippen molar-refractivity contribution in [3.05, 3.63) is 64.7 Å². The van der Waals surface area contributed by atoms with E-state index < -0.39 is 0 Å². The highest BCUT2D eigenvalue weighted by Crippen LogP contribution is 2.24. The van der Waals surface area contributed by atoms with Crippen molar-refractivity contribution in [3.63, 3.8) is 0 Å². The third-order valence-electron chi connectivity index (χ3n) is 3.43. The van der Waals surface area contributed by atoms with Gasteiger partial charge in [-0.05, 0) is 47.9 Å². The van der Waals surface area contributed by atoms with E-state index in [1.807, 2.05) is 0 Å². The number of phenols is 2. The standard InChI is InChI=1S/C19H17ClO4/c20-18-11-14(5-10-19(18)24)4-9-17(23)12-16(22)8-3-13-1-6-15(21)7-2-13/h1-2,4-7,9-11,21,24H,3,8,12H2.